The standard InChI is InChI=1S/C18H37N3/c1-14(2)19-9-7-18(8-10-19)13-21-16(5)11-20(15(3)4)12-17(21)6/h14-18H,7-13H2,1-6H3/t16-,17+. The number of hydrogen-bond acceptors (Lipinski definition) is 3. The van der Waals surface area contributed by atoms with Crippen LogP contribution in [0.4, 0.5) is 0 Å². The van der Waals surface area contributed by atoms with Crippen molar-refractivity contribution in [3.63, 3.8) is 0 Å². The van der Waals surface area contributed by atoms with E-state index in [1.807, 2.05) is 0 Å². The van der Waals surface area contributed by atoms with Gasteiger partial charge in [-0.2, -0.15) is 0 Å². The van der Waals surface area contributed by atoms with Crippen LogP contribution in [-0.4, -0.2) is 71.6 Å². The summed E-state index contributed by atoms with van der Waals surface area (Å²) in [4.78, 5) is 8.07. The monoisotopic (exact) mass is 295 g/mol. The summed E-state index contributed by atoms with van der Waals surface area (Å²) in [5.74, 6) is 0.912. The van der Waals surface area contributed by atoms with E-state index in [-0.39, 0.29) is 0 Å². The minimum Gasteiger partial charge on any atom is -0.301 e. The van der Waals surface area contributed by atoms with Crippen LogP contribution in [0.3, 0.4) is 0 Å². The van der Waals surface area contributed by atoms with Gasteiger partial charge in [0.1, 0.15) is 0 Å². The molecule has 0 bridgehead atoms. The van der Waals surface area contributed by atoms with E-state index < -0.39 is 0 Å². The van der Waals surface area contributed by atoms with Gasteiger partial charge in [-0.05, 0) is 73.4 Å². The summed E-state index contributed by atoms with van der Waals surface area (Å²) in [6, 6.07) is 2.82. The highest BCUT2D eigenvalue weighted by molar-refractivity contribution is 4.88. The van der Waals surface area contributed by atoms with Crippen LogP contribution < -0.4 is 0 Å². The van der Waals surface area contributed by atoms with Crippen molar-refractivity contribution in [3.05, 3.63) is 0 Å². The fourth-order valence-corrected chi connectivity index (χ4v) is 4.13. The number of hydrogen-bond donors (Lipinski definition) is 0. The molecule has 3 heteroatoms. The molecule has 0 aromatic rings. The molecule has 0 aliphatic carbocycles. The molecule has 2 atom stereocenters. The van der Waals surface area contributed by atoms with Crippen molar-refractivity contribution in [3.8, 4) is 0 Å². The van der Waals surface area contributed by atoms with Crippen molar-refractivity contribution in [1.82, 2.24) is 14.7 Å². The van der Waals surface area contributed by atoms with Crippen molar-refractivity contribution in [2.24, 2.45) is 5.92 Å². The molecule has 0 spiro atoms. The van der Waals surface area contributed by atoms with Gasteiger partial charge in [0.2, 0.25) is 0 Å². The van der Waals surface area contributed by atoms with Gasteiger partial charge in [0.15, 0.2) is 0 Å². The molecule has 2 saturated heterocycles. The molecule has 0 unspecified atom stereocenters. The van der Waals surface area contributed by atoms with Crippen molar-refractivity contribution in [2.45, 2.75) is 78.6 Å². The Balaban J connectivity index is 1.83. The Kier molecular flexibility index (Phi) is 6.10. The molecule has 2 aliphatic heterocycles. The lowest BCUT2D eigenvalue weighted by atomic mass is 9.93. The Morgan fingerprint density at radius 1 is 0.810 bits per heavy atom. The summed E-state index contributed by atoms with van der Waals surface area (Å²) in [5, 5.41) is 0. The zero-order valence-electron chi connectivity index (χ0n) is 15.2. The van der Waals surface area contributed by atoms with Gasteiger partial charge in [0.05, 0.1) is 0 Å². The molecule has 2 aliphatic rings. The van der Waals surface area contributed by atoms with Crippen molar-refractivity contribution in [1.29, 1.82) is 0 Å². The highest BCUT2D eigenvalue weighted by Crippen LogP contribution is 2.24. The van der Waals surface area contributed by atoms with Crippen LogP contribution >= 0.6 is 0 Å². The van der Waals surface area contributed by atoms with Crippen LogP contribution in [0.2, 0.25) is 0 Å². The summed E-state index contributed by atoms with van der Waals surface area (Å²) in [6.07, 6.45) is 2.78. The largest absolute Gasteiger partial charge is 0.301 e. The summed E-state index contributed by atoms with van der Waals surface area (Å²) < 4.78 is 0. The van der Waals surface area contributed by atoms with E-state index in [0.29, 0.717) is 18.1 Å². The fourth-order valence-electron chi connectivity index (χ4n) is 4.13. The maximum absolute atomic E-state index is 2.79. The van der Waals surface area contributed by atoms with Gasteiger partial charge in [-0.1, -0.05) is 0 Å². The van der Waals surface area contributed by atoms with Crippen LogP contribution in [0.15, 0.2) is 0 Å². The predicted octanol–water partition coefficient (Wildman–Crippen LogP) is 2.91. The quantitative estimate of drug-likeness (QED) is 0.789. The minimum absolute atomic E-state index is 0.686. The molecular formula is C18H37N3. The first-order valence-corrected chi connectivity index (χ1v) is 9.12. The molecule has 2 heterocycles. The Bertz CT molecular complexity index is 296. The van der Waals surface area contributed by atoms with Crippen LogP contribution in [-0.2, 0) is 0 Å². The molecule has 0 amide bonds. The second-order valence-electron chi connectivity index (χ2n) is 8.02. The average Bonchev–Trinajstić information content (AvgIpc) is 2.43. The third-order valence-corrected chi connectivity index (χ3v) is 5.71. The zero-order chi connectivity index (χ0) is 15.6. The molecule has 21 heavy (non-hydrogen) atoms. The molecule has 0 aromatic carbocycles. The lowest BCUT2D eigenvalue weighted by Gasteiger charge is -2.48. The maximum Gasteiger partial charge on any atom is 0.0198 e. The summed E-state index contributed by atoms with van der Waals surface area (Å²) in [6.45, 7) is 20.6. The molecule has 2 rings (SSSR count). The summed E-state index contributed by atoms with van der Waals surface area (Å²) in [7, 11) is 0. The predicted molar refractivity (Wildman–Crippen MR) is 91.8 cm³/mol. The van der Waals surface area contributed by atoms with Gasteiger partial charge in [-0.3, -0.25) is 9.80 Å². The number of likely N-dealkylation sites (tertiary alicyclic amines) is 1. The fraction of sp³-hybridized carbons (Fsp3) is 1.00. The summed E-state index contributed by atoms with van der Waals surface area (Å²) >= 11 is 0. The SMILES string of the molecule is CC(C)N1CCC(CN2[C@H](C)CN(C(C)C)C[C@@H]2C)CC1. The van der Waals surface area contributed by atoms with Crippen molar-refractivity contribution < 1.29 is 0 Å². The first-order valence-electron chi connectivity index (χ1n) is 9.12. The highest BCUT2D eigenvalue weighted by Gasteiger charge is 2.32. The molecule has 3 nitrogen and oxygen atoms in total. The number of rotatable bonds is 4. The minimum atomic E-state index is 0.686. The Hall–Kier alpha value is -0.120. The topological polar surface area (TPSA) is 9.72 Å². The first-order chi connectivity index (χ1) is 9.88. The average molecular weight is 296 g/mol. The van der Waals surface area contributed by atoms with Gasteiger partial charge >= 0.3 is 0 Å². The number of piperazine rings is 1. The molecule has 124 valence electrons. The normalized spacial score (nSPS) is 31.4. The Labute approximate surface area is 132 Å². The van der Waals surface area contributed by atoms with Gasteiger partial charge in [-0.25, -0.2) is 0 Å². The van der Waals surface area contributed by atoms with Crippen LogP contribution in [0, 0.1) is 5.92 Å². The molecule has 2 fully saturated rings. The molecule has 0 saturated carbocycles. The Morgan fingerprint density at radius 3 is 1.71 bits per heavy atom. The molecule has 0 aromatic heterocycles. The van der Waals surface area contributed by atoms with Crippen molar-refractivity contribution >= 4 is 0 Å². The highest BCUT2D eigenvalue weighted by atomic mass is 15.3. The maximum atomic E-state index is 2.79. The second kappa shape index (κ2) is 7.43. The van der Waals surface area contributed by atoms with Gasteiger partial charge in [-0.15, -0.1) is 0 Å². The van der Waals surface area contributed by atoms with E-state index in [1.54, 1.807) is 0 Å². The first kappa shape index (κ1) is 17.2. The molecule has 0 N–H and O–H groups in total. The van der Waals surface area contributed by atoms with Crippen LogP contribution in [0.5, 0.6) is 0 Å². The second-order valence-corrected chi connectivity index (χ2v) is 8.02. The van der Waals surface area contributed by atoms with Crippen LogP contribution in [0.25, 0.3) is 0 Å². The number of nitrogens with zero attached hydrogens (tertiary/aromatic N) is 3. The van der Waals surface area contributed by atoms with E-state index in [0.717, 1.165) is 12.0 Å². The third kappa shape index (κ3) is 4.43. The number of piperidine rings is 1. The van der Waals surface area contributed by atoms with Gasteiger partial charge in [0, 0.05) is 43.8 Å². The molecule has 0 radical (unpaired) electrons. The van der Waals surface area contributed by atoms with E-state index >= 15 is 0 Å². The zero-order valence-corrected chi connectivity index (χ0v) is 15.2. The van der Waals surface area contributed by atoms with E-state index in [9.17, 15) is 0 Å². The van der Waals surface area contributed by atoms with Crippen molar-refractivity contribution in [2.75, 3.05) is 32.7 Å². The van der Waals surface area contributed by atoms with E-state index in [4.69, 9.17) is 0 Å². The lowest BCUT2D eigenvalue weighted by Crippen LogP contribution is -2.59. The summed E-state index contributed by atoms with van der Waals surface area (Å²) in [5.41, 5.74) is 0. The van der Waals surface area contributed by atoms with Gasteiger partial charge in [0.25, 0.3) is 0 Å². The lowest BCUT2D eigenvalue weighted by molar-refractivity contribution is 0.00510. The smallest absolute Gasteiger partial charge is 0.0198 e. The van der Waals surface area contributed by atoms with E-state index in [2.05, 4.69) is 56.2 Å². The van der Waals surface area contributed by atoms with Crippen LogP contribution in [0.1, 0.15) is 54.4 Å². The third-order valence-electron chi connectivity index (χ3n) is 5.71. The van der Waals surface area contributed by atoms with E-state index in [1.165, 1.54) is 45.6 Å². The molecular weight excluding hydrogens is 258 g/mol. The van der Waals surface area contributed by atoms with Gasteiger partial charge < -0.3 is 4.90 Å². The Morgan fingerprint density at radius 2 is 1.29 bits per heavy atom.